The number of hydrogen-bond acceptors (Lipinski definition) is 4. The molecular weight excluding hydrogens is 334 g/mol. The summed E-state index contributed by atoms with van der Waals surface area (Å²) in [7, 11) is 2.78. The van der Waals surface area contributed by atoms with Crippen LogP contribution in [0.15, 0.2) is 12.1 Å². The van der Waals surface area contributed by atoms with E-state index in [1.807, 2.05) is 0 Å². The van der Waals surface area contributed by atoms with Gasteiger partial charge in [0.25, 0.3) is 5.91 Å². The molecule has 0 saturated carbocycles. The number of likely N-dealkylation sites (tertiary alicyclic amines) is 1. The summed E-state index contributed by atoms with van der Waals surface area (Å²) in [6, 6.07) is 2.13. The number of carbonyl (C=O) groups is 2. The minimum absolute atomic E-state index is 0.107. The van der Waals surface area contributed by atoms with Crippen LogP contribution < -0.4 is 10.1 Å². The second-order valence-corrected chi connectivity index (χ2v) is 6.38. The van der Waals surface area contributed by atoms with Crippen LogP contribution in [-0.4, -0.2) is 57.2 Å². The number of methoxy groups -OCH3 is 1. The van der Waals surface area contributed by atoms with E-state index in [4.69, 9.17) is 9.47 Å². The molecule has 1 N–H and O–H groups in total. The van der Waals surface area contributed by atoms with Crippen molar-refractivity contribution in [2.75, 3.05) is 40.5 Å². The third kappa shape index (κ3) is 2.74. The van der Waals surface area contributed by atoms with Gasteiger partial charge >= 0.3 is 0 Å². The van der Waals surface area contributed by atoms with E-state index >= 15 is 0 Å². The summed E-state index contributed by atoms with van der Waals surface area (Å²) >= 11 is 0. The largest absolute Gasteiger partial charge is 0.494 e. The number of amides is 2. The van der Waals surface area contributed by atoms with Gasteiger partial charge < -0.3 is 19.7 Å². The first-order valence-corrected chi connectivity index (χ1v) is 8.05. The molecular formula is C17H20F2N2O4. The maximum absolute atomic E-state index is 14.4. The Kier molecular flexibility index (Phi) is 4.64. The van der Waals surface area contributed by atoms with Gasteiger partial charge in [0.15, 0.2) is 11.6 Å². The summed E-state index contributed by atoms with van der Waals surface area (Å²) in [5, 5.41) is 2.64. The van der Waals surface area contributed by atoms with Crippen molar-refractivity contribution in [1.82, 2.24) is 10.2 Å². The Bertz CT molecular complexity index is 712. The molecule has 0 unspecified atom stereocenters. The predicted octanol–water partition coefficient (Wildman–Crippen LogP) is 1.20. The van der Waals surface area contributed by atoms with Crippen LogP contribution in [0.2, 0.25) is 0 Å². The molecule has 3 rings (SSSR count). The van der Waals surface area contributed by atoms with Crippen LogP contribution in [0.1, 0.15) is 16.8 Å². The highest BCUT2D eigenvalue weighted by atomic mass is 19.1. The molecule has 2 atom stereocenters. The lowest BCUT2D eigenvalue weighted by atomic mass is 9.73. The zero-order chi connectivity index (χ0) is 18.2. The summed E-state index contributed by atoms with van der Waals surface area (Å²) < 4.78 is 38.8. The topological polar surface area (TPSA) is 67.9 Å². The maximum Gasteiger partial charge on any atom is 0.260 e. The highest BCUT2D eigenvalue weighted by Gasteiger charge is 2.54. The number of nitrogens with one attached hydrogen (secondary N) is 1. The molecule has 6 nitrogen and oxygen atoms in total. The molecule has 2 fully saturated rings. The Balaban J connectivity index is 1.94. The Morgan fingerprint density at radius 2 is 2.16 bits per heavy atom. The lowest BCUT2D eigenvalue weighted by Crippen LogP contribution is -2.49. The first-order valence-electron chi connectivity index (χ1n) is 8.05. The van der Waals surface area contributed by atoms with Gasteiger partial charge in [-0.1, -0.05) is 0 Å². The summed E-state index contributed by atoms with van der Waals surface area (Å²) in [6.45, 7) is 1.06. The molecule has 1 aromatic carbocycles. The third-order valence-corrected chi connectivity index (χ3v) is 5.16. The molecule has 2 saturated heterocycles. The molecule has 1 aromatic rings. The van der Waals surface area contributed by atoms with E-state index in [0.29, 0.717) is 19.6 Å². The second kappa shape index (κ2) is 6.59. The summed E-state index contributed by atoms with van der Waals surface area (Å²) in [6.07, 6.45) is 0.462. The molecule has 2 aliphatic rings. The van der Waals surface area contributed by atoms with Gasteiger partial charge in [-0.2, -0.15) is 0 Å². The quantitative estimate of drug-likeness (QED) is 0.886. The van der Waals surface area contributed by atoms with Gasteiger partial charge in [-0.25, -0.2) is 8.78 Å². The Labute approximate surface area is 144 Å². The molecule has 0 radical (unpaired) electrons. The van der Waals surface area contributed by atoms with E-state index in [2.05, 4.69) is 5.32 Å². The molecule has 25 heavy (non-hydrogen) atoms. The van der Waals surface area contributed by atoms with Crippen LogP contribution in [0.25, 0.3) is 0 Å². The highest BCUT2D eigenvalue weighted by Crippen LogP contribution is 2.43. The summed E-state index contributed by atoms with van der Waals surface area (Å²) in [5.74, 6) is -3.36. The van der Waals surface area contributed by atoms with Gasteiger partial charge in [0.1, 0.15) is 11.4 Å². The van der Waals surface area contributed by atoms with Crippen molar-refractivity contribution in [3.05, 3.63) is 29.3 Å². The fourth-order valence-electron chi connectivity index (χ4n) is 3.77. The lowest BCUT2D eigenvalue weighted by Gasteiger charge is -2.36. The average molecular weight is 354 g/mol. The molecule has 0 aliphatic carbocycles. The molecule has 2 aliphatic heterocycles. The zero-order valence-electron chi connectivity index (χ0n) is 14.1. The Morgan fingerprint density at radius 1 is 1.40 bits per heavy atom. The molecule has 8 heteroatoms. The van der Waals surface area contributed by atoms with Crippen LogP contribution in [-0.2, 0) is 9.53 Å². The number of benzene rings is 1. The average Bonchev–Trinajstić information content (AvgIpc) is 3.02. The first-order chi connectivity index (χ1) is 11.9. The normalized spacial score (nSPS) is 25.4. The van der Waals surface area contributed by atoms with E-state index in [1.54, 1.807) is 0 Å². The van der Waals surface area contributed by atoms with Gasteiger partial charge in [-0.3, -0.25) is 9.59 Å². The zero-order valence-corrected chi connectivity index (χ0v) is 14.1. The van der Waals surface area contributed by atoms with Crippen molar-refractivity contribution in [3.8, 4) is 5.75 Å². The van der Waals surface area contributed by atoms with E-state index in [-0.39, 0.29) is 30.7 Å². The number of fused-ring (bicyclic) bond motifs is 1. The van der Waals surface area contributed by atoms with E-state index in [0.717, 1.165) is 12.1 Å². The van der Waals surface area contributed by atoms with Gasteiger partial charge in [0, 0.05) is 32.7 Å². The first kappa shape index (κ1) is 17.6. The number of nitrogens with zero attached hydrogens (tertiary/aromatic N) is 1. The van der Waals surface area contributed by atoms with Crippen LogP contribution in [0.5, 0.6) is 5.75 Å². The number of carbonyl (C=O) groups excluding carboxylic acids is 2. The number of hydrogen-bond donors (Lipinski definition) is 1. The minimum atomic E-state index is -1.03. The van der Waals surface area contributed by atoms with Crippen LogP contribution in [0.4, 0.5) is 8.78 Å². The smallest absolute Gasteiger partial charge is 0.260 e. The van der Waals surface area contributed by atoms with Crippen molar-refractivity contribution in [3.63, 3.8) is 0 Å². The Hall–Kier alpha value is -2.22. The van der Waals surface area contributed by atoms with Crippen molar-refractivity contribution >= 4 is 11.8 Å². The second-order valence-electron chi connectivity index (χ2n) is 6.38. The highest BCUT2D eigenvalue weighted by molar-refractivity contribution is 5.96. The minimum Gasteiger partial charge on any atom is -0.494 e. The van der Waals surface area contributed by atoms with Gasteiger partial charge in [0.2, 0.25) is 5.91 Å². The number of rotatable bonds is 3. The number of ether oxygens (including phenoxy) is 2. The van der Waals surface area contributed by atoms with Gasteiger partial charge in [0.05, 0.1) is 19.1 Å². The van der Waals surface area contributed by atoms with Crippen LogP contribution in [0, 0.1) is 23.0 Å². The van der Waals surface area contributed by atoms with Crippen molar-refractivity contribution in [2.45, 2.75) is 6.42 Å². The van der Waals surface area contributed by atoms with Crippen molar-refractivity contribution in [2.24, 2.45) is 11.3 Å². The SMILES string of the molecule is CNC(=O)[C@]12CCOC[C@H]1CN(C(=O)c1c(F)ccc(OC)c1F)C2. The maximum atomic E-state index is 14.4. The summed E-state index contributed by atoms with van der Waals surface area (Å²) in [4.78, 5) is 26.5. The van der Waals surface area contributed by atoms with Crippen molar-refractivity contribution < 1.29 is 27.8 Å². The summed E-state index contributed by atoms with van der Waals surface area (Å²) in [5.41, 5.74) is -1.44. The molecule has 2 amide bonds. The fraction of sp³-hybridized carbons (Fsp3) is 0.529. The van der Waals surface area contributed by atoms with Crippen LogP contribution >= 0.6 is 0 Å². The van der Waals surface area contributed by atoms with Gasteiger partial charge in [-0.15, -0.1) is 0 Å². The molecule has 0 spiro atoms. The van der Waals surface area contributed by atoms with E-state index < -0.39 is 28.5 Å². The van der Waals surface area contributed by atoms with E-state index in [9.17, 15) is 18.4 Å². The molecule has 0 aromatic heterocycles. The Morgan fingerprint density at radius 3 is 2.84 bits per heavy atom. The molecule has 2 heterocycles. The van der Waals surface area contributed by atoms with E-state index in [1.165, 1.54) is 19.1 Å². The standard InChI is InChI=1S/C17H20F2N2O4/c1-20-16(23)17-5-6-25-8-10(17)7-21(9-17)15(22)13-11(18)3-4-12(24-2)14(13)19/h3-4,10H,5-9H2,1-2H3,(H,20,23)/t10-,17+/m1/s1. The molecule has 136 valence electrons. The predicted molar refractivity (Wildman–Crippen MR) is 84.2 cm³/mol. The van der Waals surface area contributed by atoms with Crippen molar-refractivity contribution in [1.29, 1.82) is 0 Å². The monoisotopic (exact) mass is 354 g/mol. The fourth-order valence-corrected chi connectivity index (χ4v) is 3.77. The number of halogens is 2. The van der Waals surface area contributed by atoms with Gasteiger partial charge in [-0.05, 0) is 18.6 Å². The lowest BCUT2D eigenvalue weighted by molar-refractivity contribution is -0.138. The molecule has 0 bridgehead atoms. The van der Waals surface area contributed by atoms with Crippen LogP contribution in [0.3, 0.4) is 0 Å². The third-order valence-electron chi connectivity index (χ3n) is 5.16.